The predicted molar refractivity (Wildman–Crippen MR) is 136 cm³/mol. The lowest BCUT2D eigenvalue weighted by molar-refractivity contribution is -0.254. The zero-order valence-electron chi connectivity index (χ0n) is 19.0. The summed E-state index contributed by atoms with van der Waals surface area (Å²) in [5.41, 5.74) is 0.593. The van der Waals surface area contributed by atoms with Crippen LogP contribution < -0.4 is 5.43 Å². The second-order valence-corrected chi connectivity index (χ2v) is 12.1. The van der Waals surface area contributed by atoms with Gasteiger partial charge in [-0.1, -0.05) is 6.07 Å². The maximum Gasteiger partial charge on any atom is 0.380 e. The second-order valence-electron chi connectivity index (χ2n) is 8.32. The molecule has 188 valence electrons. The summed E-state index contributed by atoms with van der Waals surface area (Å²) in [4.78, 5) is 5.99. The quantitative estimate of drug-likeness (QED) is 0.151. The molecule has 0 fully saturated rings. The molecular formula is C24H17F6N3S3. The summed E-state index contributed by atoms with van der Waals surface area (Å²) in [7, 11) is 0. The lowest BCUT2D eigenvalue weighted by atomic mass is 9.95. The van der Waals surface area contributed by atoms with Crippen LogP contribution in [-0.2, 0) is 0 Å². The van der Waals surface area contributed by atoms with E-state index in [4.69, 9.17) is 0 Å². The van der Waals surface area contributed by atoms with Crippen LogP contribution in [0.2, 0.25) is 0 Å². The van der Waals surface area contributed by atoms with Crippen molar-refractivity contribution in [2.24, 2.45) is 5.10 Å². The van der Waals surface area contributed by atoms with Crippen molar-refractivity contribution in [2.45, 2.75) is 38.5 Å². The number of para-hydroxylation sites is 1. The molecule has 3 nitrogen and oxygen atoms in total. The molecular weight excluding hydrogens is 540 g/mol. The van der Waals surface area contributed by atoms with Gasteiger partial charge >= 0.3 is 17.8 Å². The van der Waals surface area contributed by atoms with Gasteiger partial charge in [-0.3, -0.25) is 5.43 Å². The van der Waals surface area contributed by atoms with Gasteiger partial charge in [0.25, 0.3) is 0 Å². The first-order valence-electron chi connectivity index (χ1n) is 10.5. The van der Waals surface area contributed by atoms with Gasteiger partial charge < -0.3 is 0 Å². The number of hydrogen-bond acceptors (Lipinski definition) is 6. The smallest absolute Gasteiger partial charge is 0.277 e. The highest BCUT2D eigenvalue weighted by atomic mass is 32.1. The molecule has 36 heavy (non-hydrogen) atoms. The minimum atomic E-state index is -5.59. The van der Waals surface area contributed by atoms with Gasteiger partial charge in [-0.05, 0) is 56.2 Å². The van der Waals surface area contributed by atoms with Crippen molar-refractivity contribution in [3.63, 3.8) is 0 Å². The number of rotatable bonds is 5. The maximum absolute atomic E-state index is 15.2. The average molecular weight is 558 g/mol. The molecule has 0 bridgehead atoms. The minimum absolute atomic E-state index is 0.209. The van der Waals surface area contributed by atoms with Crippen molar-refractivity contribution < 1.29 is 26.3 Å². The van der Waals surface area contributed by atoms with Crippen molar-refractivity contribution in [3.05, 3.63) is 56.1 Å². The third-order valence-electron chi connectivity index (χ3n) is 5.99. The summed E-state index contributed by atoms with van der Waals surface area (Å²) in [5.74, 6) is -15.7. The van der Waals surface area contributed by atoms with E-state index in [1.54, 1.807) is 25.1 Å². The summed E-state index contributed by atoms with van der Waals surface area (Å²) < 4.78 is 90.7. The van der Waals surface area contributed by atoms with Crippen LogP contribution in [0.4, 0.5) is 32.0 Å². The molecule has 0 saturated heterocycles. The number of allylic oxidation sites excluding steroid dienone is 2. The van der Waals surface area contributed by atoms with Gasteiger partial charge in [0.15, 0.2) is 0 Å². The molecule has 0 saturated carbocycles. The fourth-order valence-corrected chi connectivity index (χ4v) is 7.37. The minimum Gasteiger partial charge on any atom is -0.277 e. The molecule has 0 atom stereocenters. The Hall–Kier alpha value is -2.70. The molecule has 1 aromatic carbocycles. The Morgan fingerprint density at radius 1 is 0.861 bits per heavy atom. The molecule has 3 aromatic heterocycles. The average Bonchev–Trinajstić information content (AvgIpc) is 3.49. The Bertz CT molecular complexity index is 1560. The highest BCUT2D eigenvalue weighted by molar-refractivity contribution is 7.25. The normalized spacial score (nSPS) is 18.2. The van der Waals surface area contributed by atoms with Crippen molar-refractivity contribution in [1.29, 1.82) is 0 Å². The Labute approximate surface area is 213 Å². The van der Waals surface area contributed by atoms with E-state index in [1.807, 2.05) is 0 Å². The van der Waals surface area contributed by atoms with Crippen LogP contribution in [0.15, 0.2) is 35.4 Å². The van der Waals surface area contributed by atoms with E-state index >= 15 is 17.6 Å². The van der Waals surface area contributed by atoms with Gasteiger partial charge in [0.1, 0.15) is 10.5 Å². The summed E-state index contributed by atoms with van der Waals surface area (Å²) in [6.45, 7) is 7.90. The number of anilines is 1. The van der Waals surface area contributed by atoms with Crippen LogP contribution >= 0.6 is 34.0 Å². The fourth-order valence-electron chi connectivity index (χ4n) is 4.38. The van der Waals surface area contributed by atoms with Gasteiger partial charge in [-0.25, -0.2) is 4.98 Å². The van der Waals surface area contributed by atoms with E-state index < -0.39 is 28.9 Å². The van der Waals surface area contributed by atoms with Crippen molar-refractivity contribution in [1.82, 2.24) is 4.98 Å². The summed E-state index contributed by atoms with van der Waals surface area (Å²) in [6, 6.07) is 7.83. The van der Waals surface area contributed by atoms with Gasteiger partial charge in [-0.15, -0.1) is 34.0 Å². The van der Waals surface area contributed by atoms with Gasteiger partial charge in [0.05, 0.1) is 15.3 Å². The maximum atomic E-state index is 15.2. The Balaban J connectivity index is 1.75. The van der Waals surface area contributed by atoms with E-state index in [0.29, 0.717) is 26.0 Å². The van der Waals surface area contributed by atoms with Gasteiger partial charge in [0, 0.05) is 32.5 Å². The first-order valence-corrected chi connectivity index (χ1v) is 12.9. The Morgan fingerprint density at radius 2 is 1.47 bits per heavy atom. The number of hydrazone groups is 1. The molecule has 0 aliphatic heterocycles. The van der Waals surface area contributed by atoms with Crippen molar-refractivity contribution in [2.75, 3.05) is 5.43 Å². The number of aromatic nitrogens is 1. The monoisotopic (exact) mass is 557 g/mol. The molecule has 1 N–H and O–H groups in total. The lowest BCUT2D eigenvalue weighted by Gasteiger charge is -2.25. The number of alkyl halides is 6. The summed E-state index contributed by atoms with van der Waals surface area (Å²) in [5, 5.41) is 4.07. The van der Waals surface area contributed by atoms with Crippen molar-refractivity contribution in [3.8, 4) is 9.88 Å². The molecule has 0 unspecified atom stereocenters. The van der Waals surface area contributed by atoms with Gasteiger partial charge in [-0.2, -0.15) is 31.4 Å². The van der Waals surface area contributed by atoms with Crippen molar-refractivity contribution >= 4 is 67.8 Å². The highest BCUT2D eigenvalue weighted by Crippen LogP contribution is 2.66. The van der Waals surface area contributed by atoms with E-state index in [-0.39, 0.29) is 20.9 Å². The molecule has 0 radical (unpaired) electrons. The molecule has 0 amide bonds. The molecule has 0 spiro atoms. The lowest BCUT2D eigenvalue weighted by Crippen LogP contribution is -2.48. The first kappa shape index (κ1) is 25.0. The number of fused-ring (bicyclic) bond motifs is 1. The zero-order valence-corrected chi connectivity index (χ0v) is 21.4. The molecule has 4 aromatic rings. The van der Waals surface area contributed by atoms with Crippen LogP contribution in [0.3, 0.4) is 0 Å². The molecule has 1 aliphatic rings. The van der Waals surface area contributed by atoms with Crippen LogP contribution in [0, 0.1) is 20.8 Å². The van der Waals surface area contributed by atoms with Crippen LogP contribution in [0.1, 0.15) is 25.8 Å². The van der Waals surface area contributed by atoms with E-state index in [0.717, 1.165) is 27.4 Å². The molecule has 5 rings (SSSR count). The number of aryl methyl sites for hydroxylation is 3. The number of benzene rings is 1. The predicted octanol–water partition coefficient (Wildman–Crippen LogP) is 8.87. The third-order valence-corrected chi connectivity index (χ3v) is 9.20. The van der Waals surface area contributed by atoms with E-state index in [9.17, 15) is 8.78 Å². The summed E-state index contributed by atoms with van der Waals surface area (Å²) >= 11 is 3.38. The SMILES string of the molecule is C=NNc1cccc2sc(-c3cc(C4=C(c5cc(C)sc5C)C(F)(F)C(F)(F)C4(F)F)c(C)s3)nc12. The summed E-state index contributed by atoms with van der Waals surface area (Å²) in [6.07, 6.45) is 0. The topological polar surface area (TPSA) is 37.3 Å². The Kier molecular flexibility index (Phi) is 5.66. The molecule has 3 heterocycles. The largest absolute Gasteiger partial charge is 0.380 e. The zero-order chi connectivity index (χ0) is 26.2. The number of nitrogens with one attached hydrogen (secondary N) is 1. The fraction of sp³-hybridized carbons (Fsp3) is 0.250. The standard InChI is InChI=1S/C24H17F6N3S3/c1-10-8-13(11(2)34-10)18-19(23(27,28)24(29,30)22(18,25)26)14-9-17(35-12(14)3)21-32-20-15(33-31-4)6-5-7-16(20)36-21/h5-9,33H,4H2,1-3H3. The molecule has 1 aliphatic carbocycles. The van der Waals surface area contributed by atoms with Crippen LogP contribution in [0.5, 0.6) is 0 Å². The third kappa shape index (κ3) is 3.37. The van der Waals surface area contributed by atoms with Crippen LogP contribution in [0.25, 0.3) is 31.2 Å². The highest BCUT2D eigenvalue weighted by Gasteiger charge is 2.80. The first-order chi connectivity index (χ1) is 16.8. The van der Waals surface area contributed by atoms with E-state index in [2.05, 4.69) is 22.2 Å². The number of nitrogens with zero attached hydrogens (tertiary/aromatic N) is 2. The van der Waals surface area contributed by atoms with E-state index in [1.165, 1.54) is 37.3 Å². The Morgan fingerprint density at radius 3 is 2.06 bits per heavy atom. The molecule has 12 heteroatoms. The second kappa shape index (κ2) is 8.15. The number of hydrogen-bond donors (Lipinski definition) is 1. The number of thiophene rings is 2. The number of thiazole rings is 1. The van der Waals surface area contributed by atoms with Gasteiger partial charge in [0.2, 0.25) is 0 Å². The number of halogens is 6. The van der Waals surface area contributed by atoms with Crippen LogP contribution in [-0.4, -0.2) is 29.5 Å².